The van der Waals surface area contributed by atoms with Gasteiger partial charge in [0, 0.05) is 16.9 Å². The number of hydrogen-bond acceptors (Lipinski definition) is 2. The Kier molecular flexibility index (Phi) is 4.17. The largest absolute Gasteiger partial charge is 0.264 e. The summed E-state index contributed by atoms with van der Waals surface area (Å²) in [6, 6.07) is 16.1. The summed E-state index contributed by atoms with van der Waals surface area (Å²) in [6.07, 6.45) is 0. The Labute approximate surface area is 117 Å². The van der Waals surface area contributed by atoms with E-state index in [1.54, 1.807) is 19.1 Å². The first-order valence-corrected chi connectivity index (χ1v) is 6.41. The second-order valence-corrected chi connectivity index (χ2v) is 4.90. The van der Waals surface area contributed by atoms with Gasteiger partial charge in [0.25, 0.3) is 0 Å². The summed E-state index contributed by atoms with van der Waals surface area (Å²) in [5, 5.41) is 11.8. The van der Waals surface area contributed by atoms with Gasteiger partial charge in [-0.05, 0) is 23.3 Å². The van der Waals surface area contributed by atoms with Crippen LogP contribution in [-0.2, 0) is 0 Å². The molecule has 0 bridgehead atoms. The number of nitro groups is 1. The predicted molar refractivity (Wildman–Crippen MR) is 76.2 cm³/mol. The Hall–Kier alpha value is -1.87. The molecule has 2 aromatic rings. The highest BCUT2D eigenvalue weighted by Gasteiger charge is 2.29. The standard InChI is InChI=1S/C15H14ClNO2/c1-11(17(18)19)15(12-5-3-2-4-6-12)13-7-9-14(16)10-8-13/h2-11,15H,1H3/t11-,15-/m0/s1. The van der Waals surface area contributed by atoms with E-state index in [1.165, 1.54) is 0 Å². The molecule has 2 aromatic carbocycles. The summed E-state index contributed by atoms with van der Waals surface area (Å²) in [4.78, 5) is 10.9. The molecule has 0 saturated carbocycles. The third-order valence-electron chi connectivity index (χ3n) is 3.20. The zero-order chi connectivity index (χ0) is 13.8. The van der Waals surface area contributed by atoms with Crippen LogP contribution in [0.5, 0.6) is 0 Å². The van der Waals surface area contributed by atoms with E-state index in [0.29, 0.717) is 5.02 Å². The molecule has 19 heavy (non-hydrogen) atoms. The summed E-state index contributed by atoms with van der Waals surface area (Å²) in [5.41, 5.74) is 1.84. The van der Waals surface area contributed by atoms with Gasteiger partial charge in [-0.3, -0.25) is 10.1 Å². The summed E-state index contributed by atoms with van der Waals surface area (Å²) in [5.74, 6) is -0.270. The minimum Gasteiger partial charge on any atom is -0.264 e. The Morgan fingerprint density at radius 3 is 2.05 bits per heavy atom. The van der Waals surface area contributed by atoms with Crippen LogP contribution >= 0.6 is 11.6 Å². The monoisotopic (exact) mass is 275 g/mol. The minimum atomic E-state index is -0.691. The molecule has 0 saturated heterocycles. The van der Waals surface area contributed by atoms with Gasteiger partial charge in [-0.1, -0.05) is 54.1 Å². The van der Waals surface area contributed by atoms with E-state index in [4.69, 9.17) is 11.6 Å². The summed E-state index contributed by atoms with van der Waals surface area (Å²) >= 11 is 5.87. The lowest BCUT2D eigenvalue weighted by atomic mass is 9.86. The van der Waals surface area contributed by atoms with Crippen LogP contribution in [0.25, 0.3) is 0 Å². The average Bonchev–Trinajstić information content (AvgIpc) is 2.42. The SMILES string of the molecule is C[C@@H]([C@@H](c1ccccc1)c1ccc(Cl)cc1)[N+](=O)[O-]. The highest BCUT2D eigenvalue weighted by molar-refractivity contribution is 6.30. The third-order valence-corrected chi connectivity index (χ3v) is 3.45. The molecule has 4 heteroatoms. The molecule has 0 N–H and O–H groups in total. The summed E-state index contributed by atoms with van der Waals surface area (Å²) in [7, 11) is 0. The van der Waals surface area contributed by atoms with Crippen molar-refractivity contribution in [3.63, 3.8) is 0 Å². The van der Waals surface area contributed by atoms with E-state index in [0.717, 1.165) is 11.1 Å². The second kappa shape index (κ2) is 5.85. The molecule has 2 atom stereocenters. The fourth-order valence-corrected chi connectivity index (χ4v) is 2.33. The molecule has 0 unspecified atom stereocenters. The van der Waals surface area contributed by atoms with Crippen LogP contribution in [0.2, 0.25) is 5.02 Å². The minimum absolute atomic E-state index is 0.244. The van der Waals surface area contributed by atoms with Gasteiger partial charge in [-0.15, -0.1) is 0 Å². The van der Waals surface area contributed by atoms with Gasteiger partial charge in [0.2, 0.25) is 6.04 Å². The van der Waals surface area contributed by atoms with Crippen LogP contribution in [0.3, 0.4) is 0 Å². The third kappa shape index (κ3) is 3.12. The van der Waals surface area contributed by atoms with Gasteiger partial charge in [0.1, 0.15) is 0 Å². The lowest BCUT2D eigenvalue weighted by Gasteiger charge is -2.19. The maximum Gasteiger partial charge on any atom is 0.221 e. The molecule has 98 valence electrons. The van der Waals surface area contributed by atoms with E-state index in [1.807, 2.05) is 42.5 Å². The molecule has 0 heterocycles. The van der Waals surface area contributed by atoms with Crippen molar-refractivity contribution in [1.82, 2.24) is 0 Å². The van der Waals surface area contributed by atoms with Crippen molar-refractivity contribution in [3.8, 4) is 0 Å². The van der Waals surface area contributed by atoms with Crippen LogP contribution in [-0.4, -0.2) is 11.0 Å². The first kappa shape index (κ1) is 13.6. The first-order valence-electron chi connectivity index (χ1n) is 6.03. The molecule has 0 aromatic heterocycles. The zero-order valence-corrected chi connectivity index (χ0v) is 11.2. The van der Waals surface area contributed by atoms with Crippen LogP contribution in [0, 0.1) is 10.1 Å². The Bertz CT molecular complexity index is 554. The van der Waals surface area contributed by atoms with Crippen molar-refractivity contribution in [1.29, 1.82) is 0 Å². The predicted octanol–water partition coefficient (Wildman–Crippen LogP) is 4.14. The van der Waals surface area contributed by atoms with Gasteiger partial charge in [-0.25, -0.2) is 0 Å². The van der Waals surface area contributed by atoms with E-state index < -0.39 is 6.04 Å². The maximum atomic E-state index is 11.1. The Balaban J connectivity index is 2.45. The van der Waals surface area contributed by atoms with Crippen molar-refractivity contribution in [2.45, 2.75) is 18.9 Å². The first-order chi connectivity index (χ1) is 9.09. The van der Waals surface area contributed by atoms with Crippen molar-refractivity contribution in [3.05, 3.63) is 80.9 Å². The molecule has 0 radical (unpaired) electrons. The zero-order valence-electron chi connectivity index (χ0n) is 10.5. The van der Waals surface area contributed by atoms with Crippen molar-refractivity contribution >= 4 is 11.6 Å². The lowest BCUT2D eigenvalue weighted by molar-refractivity contribution is -0.520. The molecule has 0 aliphatic rings. The van der Waals surface area contributed by atoms with Crippen molar-refractivity contribution in [2.24, 2.45) is 0 Å². The van der Waals surface area contributed by atoms with E-state index in [2.05, 4.69) is 0 Å². The topological polar surface area (TPSA) is 43.1 Å². The number of hydrogen-bond donors (Lipinski definition) is 0. The molecule has 0 spiro atoms. The van der Waals surface area contributed by atoms with E-state index in [9.17, 15) is 10.1 Å². The Morgan fingerprint density at radius 1 is 1.00 bits per heavy atom. The fourth-order valence-electron chi connectivity index (χ4n) is 2.20. The molecule has 0 amide bonds. The lowest BCUT2D eigenvalue weighted by Crippen LogP contribution is -2.25. The number of nitrogens with zero attached hydrogens (tertiary/aromatic N) is 1. The van der Waals surface area contributed by atoms with Gasteiger partial charge in [0.15, 0.2) is 0 Å². The molecular formula is C15H14ClNO2. The van der Waals surface area contributed by atoms with Gasteiger partial charge in [-0.2, -0.15) is 0 Å². The molecule has 3 nitrogen and oxygen atoms in total. The normalized spacial score (nSPS) is 13.8. The highest BCUT2D eigenvalue weighted by Crippen LogP contribution is 2.30. The second-order valence-electron chi connectivity index (χ2n) is 4.47. The van der Waals surface area contributed by atoms with Crippen LogP contribution < -0.4 is 0 Å². The maximum absolute atomic E-state index is 11.1. The van der Waals surface area contributed by atoms with Gasteiger partial charge < -0.3 is 0 Å². The van der Waals surface area contributed by atoms with E-state index >= 15 is 0 Å². The van der Waals surface area contributed by atoms with Crippen LogP contribution in [0.1, 0.15) is 24.0 Å². The van der Waals surface area contributed by atoms with Crippen molar-refractivity contribution < 1.29 is 4.92 Å². The van der Waals surface area contributed by atoms with Crippen molar-refractivity contribution in [2.75, 3.05) is 0 Å². The van der Waals surface area contributed by atoms with Crippen LogP contribution in [0.15, 0.2) is 54.6 Å². The average molecular weight is 276 g/mol. The van der Waals surface area contributed by atoms with Crippen LogP contribution in [0.4, 0.5) is 0 Å². The van der Waals surface area contributed by atoms with Gasteiger partial charge >= 0.3 is 0 Å². The quantitative estimate of drug-likeness (QED) is 0.622. The van der Waals surface area contributed by atoms with E-state index in [-0.39, 0.29) is 10.8 Å². The number of rotatable bonds is 4. The summed E-state index contributed by atoms with van der Waals surface area (Å²) in [6.45, 7) is 1.63. The molecule has 0 aliphatic carbocycles. The fraction of sp³-hybridized carbons (Fsp3) is 0.200. The molecule has 0 fully saturated rings. The summed E-state index contributed by atoms with van der Waals surface area (Å²) < 4.78 is 0. The number of halogens is 1. The Morgan fingerprint density at radius 2 is 1.53 bits per heavy atom. The number of benzene rings is 2. The molecular weight excluding hydrogens is 262 g/mol. The molecule has 2 rings (SSSR count). The molecule has 0 aliphatic heterocycles. The van der Waals surface area contributed by atoms with Gasteiger partial charge in [0.05, 0.1) is 5.92 Å². The highest BCUT2D eigenvalue weighted by atomic mass is 35.5. The smallest absolute Gasteiger partial charge is 0.221 e.